The largest absolute Gasteiger partial charge is 0.385 e. The van der Waals surface area contributed by atoms with E-state index in [4.69, 9.17) is 11.5 Å². The lowest BCUT2D eigenvalue weighted by Gasteiger charge is -2.02. The van der Waals surface area contributed by atoms with E-state index in [-0.39, 0.29) is 6.04 Å². The van der Waals surface area contributed by atoms with Gasteiger partial charge < -0.3 is 21.4 Å². The lowest BCUT2D eigenvalue weighted by atomic mass is 10.1. The smallest absolute Gasteiger partial charge is 0.101 e. The van der Waals surface area contributed by atoms with Crippen LogP contribution in [-0.4, -0.2) is 16.0 Å². The number of nitrogen functional groups attached to an aromatic ring is 1. The molecule has 0 saturated heterocycles. The first-order valence-corrected chi connectivity index (χ1v) is 7.77. The van der Waals surface area contributed by atoms with E-state index in [1.54, 1.807) is 0 Å². The summed E-state index contributed by atoms with van der Waals surface area (Å²) in [6.45, 7) is 2.03. The predicted molar refractivity (Wildman–Crippen MR) is 98.4 cm³/mol. The van der Waals surface area contributed by atoms with Gasteiger partial charge >= 0.3 is 0 Å². The number of H-pyrrole nitrogens is 2. The van der Waals surface area contributed by atoms with Crippen LogP contribution in [0.1, 0.15) is 12.5 Å². The molecule has 0 fully saturated rings. The molecule has 2 heterocycles. The molecule has 2 aromatic heterocycles. The summed E-state index contributed by atoms with van der Waals surface area (Å²) in [5.74, 6) is 0.723. The average Bonchev–Trinajstić information content (AvgIpc) is 3.10. The topological polar surface area (TPSA) is 83.6 Å². The van der Waals surface area contributed by atoms with Gasteiger partial charge in [-0.05, 0) is 37.1 Å². The van der Waals surface area contributed by atoms with Crippen LogP contribution in [-0.2, 0) is 6.42 Å². The highest BCUT2D eigenvalue weighted by Crippen LogP contribution is 2.18. The monoisotopic (exact) mass is 306 g/mol. The van der Waals surface area contributed by atoms with E-state index in [0.717, 1.165) is 17.8 Å². The average molecular weight is 306 g/mol. The Labute approximate surface area is 135 Å². The van der Waals surface area contributed by atoms with Crippen LogP contribution in [0.15, 0.2) is 60.8 Å². The van der Waals surface area contributed by atoms with E-state index in [2.05, 4.69) is 28.2 Å². The molecule has 0 aliphatic carbocycles. The maximum absolute atomic E-state index is 5.76. The SMILES string of the molecule is CC(N)Cc1c[nH]c2ccccc12.Nc1cc2ccccc2[nH]1. The summed E-state index contributed by atoms with van der Waals surface area (Å²) in [6, 6.07) is 18.5. The third-order valence-corrected chi connectivity index (χ3v) is 3.77. The summed E-state index contributed by atoms with van der Waals surface area (Å²) in [4.78, 5) is 6.27. The number of anilines is 1. The molecule has 118 valence electrons. The maximum atomic E-state index is 5.76. The number of hydrogen-bond acceptors (Lipinski definition) is 2. The van der Waals surface area contributed by atoms with Gasteiger partial charge in [0.05, 0.1) is 0 Å². The van der Waals surface area contributed by atoms with Crippen molar-refractivity contribution in [2.75, 3.05) is 5.73 Å². The van der Waals surface area contributed by atoms with Crippen molar-refractivity contribution in [1.82, 2.24) is 9.97 Å². The normalized spacial score (nSPS) is 12.1. The van der Waals surface area contributed by atoms with Crippen molar-refractivity contribution in [2.24, 2.45) is 5.73 Å². The molecular formula is C19H22N4. The van der Waals surface area contributed by atoms with Gasteiger partial charge in [0.15, 0.2) is 0 Å². The lowest BCUT2D eigenvalue weighted by molar-refractivity contribution is 0.741. The molecule has 4 nitrogen and oxygen atoms in total. The Morgan fingerprint density at radius 3 is 2.43 bits per heavy atom. The number of rotatable bonds is 2. The molecule has 0 saturated carbocycles. The van der Waals surface area contributed by atoms with Gasteiger partial charge in [0.25, 0.3) is 0 Å². The van der Waals surface area contributed by atoms with Gasteiger partial charge in [0.1, 0.15) is 5.82 Å². The number of para-hydroxylation sites is 2. The highest BCUT2D eigenvalue weighted by Gasteiger charge is 2.04. The zero-order valence-corrected chi connectivity index (χ0v) is 13.2. The van der Waals surface area contributed by atoms with Gasteiger partial charge in [-0.25, -0.2) is 0 Å². The number of hydrogen-bond donors (Lipinski definition) is 4. The molecule has 23 heavy (non-hydrogen) atoms. The number of fused-ring (bicyclic) bond motifs is 2. The molecule has 4 rings (SSSR count). The van der Waals surface area contributed by atoms with Gasteiger partial charge in [-0.3, -0.25) is 0 Å². The molecule has 1 unspecified atom stereocenters. The van der Waals surface area contributed by atoms with Crippen molar-refractivity contribution < 1.29 is 0 Å². The lowest BCUT2D eigenvalue weighted by Crippen LogP contribution is -2.17. The summed E-state index contributed by atoms with van der Waals surface area (Å²) < 4.78 is 0. The fourth-order valence-electron chi connectivity index (χ4n) is 2.74. The molecule has 0 radical (unpaired) electrons. The highest BCUT2D eigenvalue weighted by atomic mass is 14.8. The van der Waals surface area contributed by atoms with Crippen LogP contribution >= 0.6 is 0 Å². The van der Waals surface area contributed by atoms with Crippen LogP contribution in [0, 0.1) is 0 Å². The molecule has 2 aromatic carbocycles. The number of aromatic nitrogens is 2. The molecule has 4 aromatic rings. The molecule has 0 amide bonds. The minimum Gasteiger partial charge on any atom is -0.385 e. The number of nitrogens with two attached hydrogens (primary N) is 2. The fraction of sp³-hybridized carbons (Fsp3) is 0.158. The second-order valence-electron chi connectivity index (χ2n) is 5.85. The van der Waals surface area contributed by atoms with E-state index in [0.29, 0.717) is 0 Å². The van der Waals surface area contributed by atoms with E-state index in [1.165, 1.54) is 21.9 Å². The Balaban J connectivity index is 0.000000140. The highest BCUT2D eigenvalue weighted by molar-refractivity contribution is 5.83. The molecule has 4 heteroatoms. The van der Waals surface area contributed by atoms with Crippen molar-refractivity contribution in [2.45, 2.75) is 19.4 Å². The van der Waals surface area contributed by atoms with E-state index >= 15 is 0 Å². The maximum Gasteiger partial charge on any atom is 0.101 e. The summed E-state index contributed by atoms with van der Waals surface area (Å²) >= 11 is 0. The van der Waals surface area contributed by atoms with Crippen LogP contribution < -0.4 is 11.5 Å². The molecule has 6 N–H and O–H groups in total. The number of aromatic amines is 2. The molecular weight excluding hydrogens is 284 g/mol. The first kappa shape index (κ1) is 15.2. The molecule has 0 bridgehead atoms. The Morgan fingerprint density at radius 1 is 1.00 bits per heavy atom. The van der Waals surface area contributed by atoms with Gasteiger partial charge in [-0.2, -0.15) is 0 Å². The van der Waals surface area contributed by atoms with Gasteiger partial charge in [-0.1, -0.05) is 36.4 Å². The van der Waals surface area contributed by atoms with Gasteiger partial charge in [0.2, 0.25) is 0 Å². The van der Waals surface area contributed by atoms with Crippen LogP contribution in [0.3, 0.4) is 0 Å². The fourth-order valence-corrected chi connectivity index (χ4v) is 2.74. The third kappa shape index (κ3) is 3.55. The first-order valence-electron chi connectivity index (χ1n) is 7.77. The minimum absolute atomic E-state index is 0.221. The molecule has 1 atom stereocenters. The Kier molecular flexibility index (Phi) is 4.35. The second kappa shape index (κ2) is 6.58. The van der Waals surface area contributed by atoms with E-state index in [9.17, 15) is 0 Å². The third-order valence-electron chi connectivity index (χ3n) is 3.77. The summed E-state index contributed by atoms with van der Waals surface area (Å²) in [5, 5.41) is 2.46. The van der Waals surface area contributed by atoms with Crippen molar-refractivity contribution in [3.05, 3.63) is 66.4 Å². The zero-order valence-electron chi connectivity index (χ0n) is 13.2. The zero-order chi connectivity index (χ0) is 16.2. The first-order chi connectivity index (χ1) is 11.1. The van der Waals surface area contributed by atoms with Gasteiger partial charge in [0, 0.05) is 34.0 Å². The predicted octanol–water partition coefficient (Wildman–Crippen LogP) is 3.81. The van der Waals surface area contributed by atoms with Crippen LogP contribution in [0.25, 0.3) is 21.8 Å². The van der Waals surface area contributed by atoms with Crippen molar-refractivity contribution in [1.29, 1.82) is 0 Å². The molecule has 0 aliphatic heterocycles. The molecule has 0 spiro atoms. The Morgan fingerprint density at radius 2 is 1.70 bits per heavy atom. The van der Waals surface area contributed by atoms with Crippen molar-refractivity contribution in [3.8, 4) is 0 Å². The minimum atomic E-state index is 0.221. The summed E-state index contributed by atoms with van der Waals surface area (Å²) in [5.41, 5.74) is 14.9. The quantitative estimate of drug-likeness (QED) is 0.454. The van der Waals surface area contributed by atoms with Crippen LogP contribution in [0.2, 0.25) is 0 Å². The standard InChI is InChI=1S/C11H14N2.C8H8N2/c1-8(12)6-9-7-13-11-5-3-2-4-10(9)11;9-8-5-6-3-1-2-4-7(6)10-8/h2-5,7-8,13H,6,12H2,1H3;1-5,10H,9H2. The number of nitrogens with one attached hydrogen (secondary N) is 2. The summed E-state index contributed by atoms with van der Waals surface area (Å²) in [7, 11) is 0. The molecule has 0 aliphatic rings. The Hall–Kier alpha value is -2.72. The van der Waals surface area contributed by atoms with Crippen molar-refractivity contribution >= 4 is 27.6 Å². The van der Waals surface area contributed by atoms with Gasteiger partial charge in [-0.15, -0.1) is 0 Å². The van der Waals surface area contributed by atoms with Crippen molar-refractivity contribution in [3.63, 3.8) is 0 Å². The Bertz CT molecular complexity index is 869. The number of benzene rings is 2. The van der Waals surface area contributed by atoms with Crippen LogP contribution in [0.4, 0.5) is 5.82 Å². The van der Waals surface area contributed by atoms with Crippen LogP contribution in [0.5, 0.6) is 0 Å². The second-order valence-corrected chi connectivity index (χ2v) is 5.85. The summed E-state index contributed by atoms with van der Waals surface area (Å²) in [6.07, 6.45) is 2.98. The van der Waals surface area contributed by atoms with E-state index < -0.39 is 0 Å². The van der Waals surface area contributed by atoms with E-state index in [1.807, 2.05) is 49.5 Å².